The lowest BCUT2D eigenvalue weighted by Crippen LogP contribution is -2.46. The van der Waals surface area contributed by atoms with Gasteiger partial charge in [0.05, 0.1) is 25.7 Å². The van der Waals surface area contributed by atoms with E-state index >= 15 is 0 Å². The fourth-order valence-corrected chi connectivity index (χ4v) is 6.46. The number of ether oxygens (including phenoxy) is 3. The predicted octanol–water partition coefficient (Wildman–Crippen LogP) is 5.97. The van der Waals surface area contributed by atoms with E-state index in [1.165, 1.54) is 7.11 Å². The van der Waals surface area contributed by atoms with Crippen LogP contribution < -0.4 is 5.32 Å². The highest BCUT2D eigenvalue weighted by Crippen LogP contribution is 2.40. The summed E-state index contributed by atoms with van der Waals surface area (Å²) >= 11 is 1.61. The van der Waals surface area contributed by atoms with Crippen LogP contribution in [0.25, 0.3) is 0 Å². The van der Waals surface area contributed by atoms with Crippen molar-refractivity contribution in [3.63, 3.8) is 0 Å². The van der Waals surface area contributed by atoms with Gasteiger partial charge in [-0.3, -0.25) is 4.79 Å². The molecule has 1 aliphatic heterocycles. The number of amides is 2. The van der Waals surface area contributed by atoms with E-state index in [4.69, 9.17) is 18.6 Å². The van der Waals surface area contributed by atoms with Crippen LogP contribution >= 0.6 is 11.8 Å². The van der Waals surface area contributed by atoms with Crippen LogP contribution in [0.1, 0.15) is 81.6 Å². The van der Waals surface area contributed by atoms with Crippen molar-refractivity contribution in [2.24, 2.45) is 0 Å². The van der Waals surface area contributed by atoms with Crippen LogP contribution in [0.15, 0.2) is 0 Å². The first-order chi connectivity index (χ1) is 17.1. The van der Waals surface area contributed by atoms with Gasteiger partial charge in [0.1, 0.15) is 11.2 Å². The zero-order chi connectivity index (χ0) is 29.5. The Balaban J connectivity index is 3.01. The summed E-state index contributed by atoms with van der Waals surface area (Å²) < 4.78 is 22.7. The van der Waals surface area contributed by atoms with Crippen molar-refractivity contribution in [1.29, 1.82) is 0 Å². The predicted molar refractivity (Wildman–Crippen MR) is 155 cm³/mol. The molecule has 1 saturated heterocycles. The highest BCUT2D eigenvalue weighted by Gasteiger charge is 2.47. The second-order valence-corrected chi connectivity index (χ2v) is 19.5. The maximum atomic E-state index is 13.3. The molecule has 1 rings (SSSR count). The summed E-state index contributed by atoms with van der Waals surface area (Å²) in [5.74, 6) is 0.358. The SMILES string of the molecule is COC(=O)CC(SCCCNC(=O)OC(C)(C)C)[C@@H]1C[C@@H](O[Si](C)(C)C(C)(C)C)CN1C(=O)OC(C)(C)C. The second-order valence-electron chi connectivity index (χ2n) is 13.4. The van der Waals surface area contributed by atoms with Gasteiger partial charge in [-0.15, -0.1) is 0 Å². The number of rotatable bonds is 10. The Morgan fingerprint density at radius 1 is 1.00 bits per heavy atom. The molecule has 0 aromatic heterocycles. The molecule has 1 aliphatic rings. The van der Waals surface area contributed by atoms with Gasteiger partial charge in [0.2, 0.25) is 0 Å². The zero-order valence-electron chi connectivity index (χ0n) is 25.7. The minimum Gasteiger partial charge on any atom is -0.469 e. The van der Waals surface area contributed by atoms with E-state index in [0.29, 0.717) is 31.7 Å². The van der Waals surface area contributed by atoms with Crippen molar-refractivity contribution < 1.29 is 33.0 Å². The normalized spacial score (nSPS) is 19.6. The Bertz CT molecular complexity index is 803. The average molecular weight is 577 g/mol. The van der Waals surface area contributed by atoms with Crippen molar-refractivity contribution >= 4 is 38.2 Å². The number of hydrogen-bond donors (Lipinski definition) is 1. The highest BCUT2D eigenvalue weighted by atomic mass is 32.2. The Morgan fingerprint density at radius 2 is 1.58 bits per heavy atom. The summed E-state index contributed by atoms with van der Waals surface area (Å²) in [6.45, 7) is 22.9. The first-order valence-electron chi connectivity index (χ1n) is 13.5. The molecule has 0 aliphatic carbocycles. The van der Waals surface area contributed by atoms with Crippen molar-refractivity contribution in [3.8, 4) is 0 Å². The topological polar surface area (TPSA) is 103 Å². The smallest absolute Gasteiger partial charge is 0.410 e. The van der Waals surface area contributed by atoms with Crippen LogP contribution in [-0.2, 0) is 23.4 Å². The number of nitrogens with zero attached hydrogens (tertiary/aromatic N) is 1. The van der Waals surface area contributed by atoms with E-state index in [0.717, 1.165) is 0 Å². The van der Waals surface area contributed by atoms with E-state index in [-0.39, 0.29) is 34.8 Å². The van der Waals surface area contributed by atoms with Crippen LogP contribution in [0, 0.1) is 0 Å². The number of methoxy groups -OCH3 is 1. The Kier molecular flexibility index (Phi) is 12.5. The molecule has 11 heteroatoms. The van der Waals surface area contributed by atoms with Crippen LogP contribution in [0.3, 0.4) is 0 Å². The van der Waals surface area contributed by atoms with Crippen molar-refractivity contribution in [2.45, 2.75) is 128 Å². The molecule has 0 saturated carbocycles. The number of esters is 1. The number of likely N-dealkylation sites (tertiary alicyclic amines) is 1. The summed E-state index contributed by atoms with van der Waals surface area (Å²) in [5.41, 5.74) is -1.20. The number of hydrogen-bond acceptors (Lipinski definition) is 8. The minimum absolute atomic E-state index is 0.0309. The highest BCUT2D eigenvalue weighted by molar-refractivity contribution is 8.00. The standard InChI is InChI=1S/C27H52N2O7SSi/c1-25(2,3)34-23(31)28-14-13-15-37-21(17-22(30)33-10)20-16-19(36-38(11,12)27(7,8)9)18-29(20)24(32)35-26(4,5)6/h19-21H,13-18H2,1-12H3,(H,28,31)/t19-,20+,21?/m1/s1. The van der Waals surface area contributed by atoms with Gasteiger partial charge in [0.15, 0.2) is 8.32 Å². The molecule has 2 amide bonds. The second kappa shape index (κ2) is 13.7. The molecule has 1 unspecified atom stereocenters. The Labute approximate surface area is 235 Å². The third-order valence-electron chi connectivity index (χ3n) is 6.55. The molecule has 222 valence electrons. The summed E-state index contributed by atoms with van der Waals surface area (Å²) in [6, 6.07) is -0.248. The minimum atomic E-state index is -2.08. The van der Waals surface area contributed by atoms with E-state index < -0.39 is 31.7 Å². The van der Waals surface area contributed by atoms with Crippen LogP contribution in [0.5, 0.6) is 0 Å². The third kappa shape index (κ3) is 12.2. The van der Waals surface area contributed by atoms with Gasteiger partial charge in [-0.2, -0.15) is 11.8 Å². The fourth-order valence-electron chi connectivity index (χ4n) is 3.75. The monoisotopic (exact) mass is 576 g/mol. The molecule has 0 bridgehead atoms. The van der Waals surface area contributed by atoms with E-state index in [1.54, 1.807) is 16.7 Å². The lowest BCUT2D eigenvalue weighted by molar-refractivity contribution is -0.140. The maximum Gasteiger partial charge on any atom is 0.410 e. The van der Waals surface area contributed by atoms with E-state index in [9.17, 15) is 14.4 Å². The van der Waals surface area contributed by atoms with Crippen molar-refractivity contribution in [2.75, 3.05) is 26.0 Å². The molecule has 0 aromatic carbocycles. The van der Waals surface area contributed by atoms with Gasteiger partial charge in [-0.05, 0) is 78.3 Å². The number of alkyl carbamates (subject to hydrolysis) is 1. The van der Waals surface area contributed by atoms with E-state index in [2.05, 4.69) is 39.2 Å². The summed E-state index contributed by atoms with van der Waals surface area (Å²) in [5, 5.41) is 2.59. The number of thioether (sulfide) groups is 1. The zero-order valence-corrected chi connectivity index (χ0v) is 27.5. The lowest BCUT2D eigenvalue weighted by Gasteiger charge is -2.38. The number of nitrogens with one attached hydrogen (secondary N) is 1. The summed E-state index contributed by atoms with van der Waals surface area (Å²) in [6.07, 6.45) is 0.485. The molecule has 1 heterocycles. The fraction of sp³-hybridized carbons (Fsp3) is 0.889. The molecule has 38 heavy (non-hydrogen) atoms. The summed E-state index contributed by atoms with van der Waals surface area (Å²) in [4.78, 5) is 39.3. The Morgan fingerprint density at radius 3 is 2.08 bits per heavy atom. The van der Waals surface area contributed by atoms with Crippen LogP contribution in [-0.4, -0.2) is 85.9 Å². The molecule has 3 atom stereocenters. The molecule has 0 spiro atoms. The first-order valence-corrected chi connectivity index (χ1v) is 17.4. The molecule has 0 radical (unpaired) electrons. The number of carbonyl (C=O) groups excluding carboxylic acids is 3. The molecule has 0 aromatic rings. The average Bonchev–Trinajstić information content (AvgIpc) is 3.12. The lowest BCUT2D eigenvalue weighted by atomic mass is 10.1. The molecule has 1 N–H and O–H groups in total. The molecular formula is C27H52N2O7SSi. The van der Waals surface area contributed by atoms with Gasteiger partial charge < -0.3 is 28.9 Å². The third-order valence-corrected chi connectivity index (χ3v) is 12.5. The maximum absolute atomic E-state index is 13.3. The number of carbonyl (C=O) groups is 3. The van der Waals surface area contributed by atoms with Gasteiger partial charge in [-0.1, -0.05) is 20.8 Å². The van der Waals surface area contributed by atoms with Gasteiger partial charge in [0.25, 0.3) is 0 Å². The first kappa shape index (κ1) is 34.6. The van der Waals surface area contributed by atoms with Gasteiger partial charge >= 0.3 is 18.2 Å². The van der Waals surface area contributed by atoms with Gasteiger partial charge in [0, 0.05) is 18.3 Å². The molecule has 9 nitrogen and oxygen atoms in total. The van der Waals surface area contributed by atoms with Crippen LogP contribution in [0.2, 0.25) is 18.1 Å². The van der Waals surface area contributed by atoms with E-state index in [1.807, 2.05) is 41.5 Å². The van der Waals surface area contributed by atoms with Crippen molar-refractivity contribution in [3.05, 3.63) is 0 Å². The van der Waals surface area contributed by atoms with Crippen molar-refractivity contribution in [1.82, 2.24) is 10.2 Å². The molecule has 1 fully saturated rings. The van der Waals surface area contributed by atoms with Crippen LogP contribution in [0.4, 0.5) is 9.59 Å². The quantitative estimate of drug-likeness (QED) is 0.147. The molecular weight excluding hydrogens is 524 g/mol. The largest absolute Gasteiger partial charge is 0.469 e. The Hall–Kier alpha value is -1.46. The summed E-state index contributed by atoms with van der Waals surface area (Å²) in [7, 11) is -0.704. The van der Waals surface area contributed by atoms with Gasteiger partial charge in [-0.25, -0.2) is 9.59 Å².